The SMILES string of the molecule is CCCCCCCCC(NC)c1snnc1CCC. The maximum Gasteiger partial charge on any atom is 0.0803 e. The summed E-state index contributed by atoms with van der Waals surface area (Å²) in [7, 11) is 2.05. The van der Waals surface area contributed by atoms with Crippen LogP contribution in [0, 0.1) is 0 Å². The third-order valence-corrected chi connectivity index (χ3v) is 4.46. The monoisotopic (exact) mass is 283 g/mol. The number of unbranched alkanes of at least 4 members (excludes halogenated alkanes) is 5. The molecule has 0 amide bonds. The summed E-state index contributed by atoms with van der Waals surface area (Å²) in [5.74, 6) is 0. The van der Waals surface area contributed by atoms with Crippen molar-refractivity contribution in [3.05, 3.63) is 10.6 Å². The standard InChI is InChI=1S/C15H29N3S/c1-4-6-7-8-9-10-12-13(16-3)15-14(11-5-2)17-18-19-15/h13,16H,4-12H2,1-3H3. The minimum atomic E-state index is 0.452. The molecule has 0 radical (unpaired) electrons. The number of hydrogen-bond donors (Lipinski definition) is 1. The third-order valence-electron chi connectivity index (χ3n) is 3.58. The molecule has 0 aliphatic carbocycles. The number of rotatable bonds is 11. The lowest BCUT2D eigenvalue weighted by Crippen LogP contribution is -2.16. The average molecular weight is 283 g/mol. The van der Waals surface area contributed by atoms with E-state index in [0.717, 1.165) is 12.8 Å². The van der Waals surface area contributed by atoms with Crippen LogP contribution in [0.5, 0.6) is 0 Å². The summed E-state index contributed by atoms with van der Waals surface area (Å²) in [6, 6.07) is 0.452. The zero-order chi connectivity index (χ0) is 13.9. The molecule has 0 aliphatic rings. The predicted octanol–water partition coefficient (Wildman–Crippen LogP) is 4.50. The smallest absolute Gasteiger partial charge is 0.0803 e. The molecular formula is C15H29N3S. The molecule has 1 rings (SSSR count). The lowest BCUT2D eigenvalue weighted by atomic mass is 10.0. The van der Waals surface area contributed by atoms with Gasteiger partial charge in [-0.1, -0.05) is 63.3 Å². The van der Waals surface area contributed by atoms with Gasteiger partial charge in [-0.2, -0.15) is 0 Å². The van der Waals surface area contributed by atoms with Gasteiger partial charge in [0.25, 0.3) is 0 Å². The highest BCUT2D eigenvalue weighted by molar-refractivity contribution is 7.05. The molecule has 1 aromatic rings. The van der Waals surface area contributed by atoms with E-state index >= 15 is 0 Å². The van der Waals surface area contributed by atoms with E-state index in [1.54, 1.807) is 11.5 Å². The van der Waals surface area contributed by atoms with Crippen LogP contribution in [-0.4, -0.2) is 16.6 Å². The second kappa shape index (κ2) is 10.3. The van der Waals surface area contributed by atoms with Crippen LogP contribution in [0.1, 0.15) is 81.8 Å². The Bertz CT molecular complexity index is 325. The summed E-state index contributed by atoms with van der Waals surface area (Å²) >= 11 is 1.57. The average Bonchev–Trinajstić information content (AvgIpc) is 2.87. The van der Waals surface area contributed by atoms with Gasteiger partial charge < -0.3 is 5.32 Å². The van der Waals surface area contributed by atoms with Crippen LogP contribution in [0.2, 0.25) is 0 Å². The Hall–Kier alpha value is -0.480. The maximum absolute atomic E-state index is 4.27. The molecule has 110 valence electrons. The predicted molar refractivity (Wildman–Crippen MR) is 83.7 cm³/mol. The molecule has 3 nitrogen and oxygen atoms in total. The van der Waals surface area contributed by atoms with Crippen LogP contribution < -0.4 is 5.32 Å². The Kier molecular flexibility index (Phi) is 9.01. The van der Waals surface area contributed by atoms with Crippen molar-refractivity contribution in [2.75, 3.05) is 7.05 Å². The van der Waals surface area contributed by atoms with Crippen molar-refractivity contribution in [2.45, 2.75) is 77.7 Å². The Morgan fingerprint density at radius 3 is 2.47 bits per heavy atom. The van der Waals surface area contributed by atoms with Crippen LogP contribution in [0.3, 0.4) is 0 Å². The van der Waals surface area contributed by atoms with Crippen LogP contribution >= 0.6 is 11.5 Å². The maximum atomic E-state index is 4.27. The van der Waals surface area contributed by atoms with E-state index < -0.39 is 0 Å². The van der Waals surface area contributed by atoms with E-state index in [-0.39, 0.29) is 0 Å². The zero-order valence-electron chi connectivity index (χ0n) is 12.7. The number of nitrogens with zero attached hydrogens (tertiary/aromatic N) is 2. The Morgan fingerprint density at radius 2 is 1.79 bits per heavy atom. The summed E-state index contributed by atoms with van der Waals surface area (Å²) in [6.07, 6.45) is 11.6. The van der Waals surface area contributed by atoms with E-state index in [4.69, 9.17) is 0 Å². The second-order valence-electron chi connectivity index (χ2n) is 5.23. The van der Waals surface area contributed by atoms with Crippen LogP contribution in [0.25, 0.3) is 0 Å². The van der Waals surface area contributed by atoms with Crippen molar-refractivity contribution >= 4 is 11.5 Å². The van der Waals surface area contributed by atoms with Crippen molar-refractivity contribution in [1.82, 2.24) is 14.9 Å². The highest BCUT2D eigenvalue weighted by atomic mass is 32.1. The highest BCUT2D eigenvalue weighted by Gasteiger charge is 2.16. The second-order valence-corrected chi connectivity index (χ2v) is 6.02. The fraction of sp³-hybridized carbons (Fsp3) is 0.867. The number of aryl methyl sites for hydroxylation is 1. The molecule has 4 heteroatoms. The molecule has 0 bridgehead atoms. The number of hydrogen-bond acceptors (Lipinski definition) is 4. The van der Waals surface area contributed by atoms with Crippen molar-refractivity contribution < 1.29 is 0 Å². The van der Waals surface area contributed by atoms with Gasteiger partial charge in [-0.05, 0) is 31.4 Å². The van der Waals surface area contributed by atoms with Gasteiger partial charge in [-0.3, -0.25) is 0 Å². The van der Waals surface area contributed by atoms with Crippen molar-refractivity contribution in [3.8, 4) is 0 Å². The minimum Gasteiger partial charge on any atom is -0.312 e. The molecule has 0 saturated carbocycles. The summed E-state index contributed by atoms with van der Waals surface area (Å²) in [5.41, 5.74) is 1.21. The molecule has 0 aromatic carbocycles. The lowest BCUT2D eigenvalue weighted by molar-refractivity contribution is 0.500. The minimum absolute atomic E-state index is 0.452. The molecule has 1 aromatic heterocycles. The van der Waals surface area contributed by atoms with Gasteiger partial charge in [0.15, 0.2) is 0 Å². The fourth-order valence-corrected chi connectivity index (χ4v) is 3.26. The number of aromatic nitrogens is 2. The molecule has 0 saturated heterocycles. The molecule has 19 heavy (non-hydrogen) atoms. The molecule has 0 fully saturated rings. The summed E-state index contributed by atoms with van der Waals surface area (Å²) in [5, 5.41) is 7.71. The number of nitrogens with one attached hydrogen (secondary N) is 1. The van der Waals surface area contributed by atoms with E-state index in [2.05, 4.69) is 35.8 Å². The van der Waals surface area contributed by atoms with E-state index in [1.165, 1.54) is 55.5 Å². The first-order valence-electron chi connectivity index (χ1n) is 7.81. The van der Waals surface area contributed by atoms with Crippen LogP contribution in [0.4, 0.5) is 0 Å². The molecule has 1 heterocycles. The quantitative estimate of drug-likeness (QED) is 0.608. The van der Waals surface area contributed by atoms with E-state index in [0.29, 0.717) is 6.04 Å². The van der Waals surface area contributed by atoms with Gasteiger partial charge in [0.05, 0.1) is 10.6 Å². The van der Waals surface area contributed by atoms with Crippen LogP contribution in [0.15, 0.2) is 0 Å². The summed E-state index contributed by atoms with van der Waals surface area (Å²) in [4.78, 5) is 1.36. The summed E-state index contributed by atoms with van der Waals surface area (Å²) in [6.45, 7) is 4.47. The topological polar surface area (TPSA) is 37.8 Å². The third kappa shape index (κ3) is 6.00. The van der Waals surface area contributed by atoms with Gasteiger partial charge in [0.2, 0.25) is 0 Å². The molecule has 0 aliphatic heterocycles. The van der Waals surface area contributed by atoms with Gasteiger partial charge in [-0.15, -0.1) is 5.10 Å². The van der Waals surface area contributed by atoms with Gasteiger partial charge in [-0.25, -0.2) is 0 Å². The largest absolute Gasteiger partial charge is 0.312 e. The van der Waals surface area contributed by atoms with Gasteiger partial charge >= 0.3 is 0 Å². The zero-order valence-corrected chi connectivity index (χ0v) is 13.6. The van der Waals surface area contributed by atoms with E-state index in [9.17, 15) is 0 Å². The Morgan fingerprint density at radius 1 is 1.05 bits per heavy atom. The van der Waals surface area contributed by atoms with E-state index in [1.807, 2.05) is 0 Å². The van der Waals surface area contributed by atoms with Crippen molar-refractivity contribution in [3.63, 3.8) is 0 Å². The van der Waals surface area contributed by atoms with Crippen molar-refractivity contribution in [2.24, 2.45) is 0 Å². The first-order chi connectivity index (χ1) is 9.33. The Balaban J connectivity index is 2.34. The molecular weight excluding hydrogens is 254 g/mol. The fourth-order valence-electron chi connectivity index (χ4n) is 2.43. The summed E-state index contributed by atoms with van der Waals surface area (Å²) < 4.78 is 4.13. The van der Waals surface area contributed by atoms with Gasteiger partial charge in [0.1, 0.15) is 0 Å². The highest BCUT2D eigenvalue weighted by Crippen LogP contribution is 2.26. The molecule has 1 N–H and O–H groups in total. The van der Waals surface area contributed by atoms with Gasteiger partial charge in [0, 0.05) is 6.04 Å². The lowest BCUT2D eigenvalue weighted by Gasteiger charge is -2.15. The van der Waals surface area contributed by atoms with Crippen LogP contribution in [-0.2, 0) is 6.42 Å². The normalized spacial score (nSPS) is 12.8. The molecule has 1 unspecified atom stereocenters. The first kappa shape index (κ1) is 16.6. The molecule has 1 atom stereocenters. The molecule has 0 spiro atoms. The first-order valence-corrected chi connectivity index (χ1v) is 8.59. The Labute approximate surface area is 122 Å². The van der Waals surface area contributed by atoms with Crippen molar-refractivity contribution in [1.29, 1.82) is 0 Å².